The molecule has 0 aliphatic carbocycles. The minimum absolute atomic E-state index is 0.113. The van der Waals surface area contributed by atoms with Crippen LogP contribution in [-0.4, -0.2) is 30.3 Å². The lowest BCUT2D eigenvalue weighted by atomic mass is 10.1. The molecular formula is C20H21F3N2O2. The number of hydrogen-bond acceptors (Lipinski definition) is 2. The highest BCUT2D eigenvalue weighted by Crippen LogP contribution is 2.34. The fourth-order valence-electron chi connectivity index (χ4n) is 2.54. The van der Waals surface area contributed by atoms with E-state index in [4.69, 9.17) is 0 Å². The number of anilines is 1. The van der Waals surface area contributed by atoms with Crippen LogP contribution in [0.4, 0.5) is 18.9 Å². The fraction of sp³-hybridized carbons (Fsp3) is 0.300. The Hall–Kier alpha value is -2.83. The maximum absolute atomic E-state index is 13.1. The lowest BCUT2D eigenvalue weighted by Gasteiger charge is -2.17. The summed E-state index contributed by atoms with van der Waals surface area (Å²) in [6, 6.07) is 10.7. The first-order chi connectivity index (χ1) is 12.7. The Morgan fingerprint density at radius 1 is 1.04 bits per heavy atom. The minimum Gasteiger partial charge on any atom is -0.342 e. The first-order valence-corrected chi connectivity index (χ1v) is 8.57. The Labute approximate surface area is 156 Å². The summed E-state index contributed by atoms with van der Waals surface area (Å²) < 4.78 is 39.2. The summed E-state index contributed by atoms with van der Waals surface area (Å²) in [6.07, 6.45) is -2.78. The monoisotopic (exact) mass is 378 g/mol. The van der Waals surface area contributed by atoms with Gasteiger partial charge in [-0.15, -0.1) is 0 Å². The predicted molar refractivity (Wildman–Crippen MR) is 97.7 cm³/mol. The molecule has 4 nitrogen and oxygen atoms in total. The van der Waals surface area contributed by atoms with Crippen molar-refractivity contribution < 1.29 is 22.8 Å². The highest BCUT2D eigenvalue weighted by molar-refractivity contribution is 6.06. The number of benzene rings is 2. The van der Waals surface area contributed by atoms with E-state index in [9.17, 15) is 22.8 Å². The molecule has 1 N–H and O–H groups in total. The average Bonchev–Trinajstić information content (AvgIpc) is 2.65. The fourth-order valence-corrected chi connectivity index (χ4v) is 2.54. The molecule has 2 aromatic rings. The number of nitrogens with one attached hydrogen (secondary N) is 1. The average molecular weight is 378 g/mol. The Morgan fingerprint density at radius 3 is 2.37 bits per heavy atom. The summed E-state index contributed by atoms with van der Waals surface area (Å²) in [5, 5.41) is 2.28. The van der Waals surface area contributed by atoms with Crippen LogP contribution >= 0.6 is 0 Å². The van der Waals surface area contributed by atoms with Crippen molar-refractivity contribution >= 4 is 17.5 Å². The molecule has 2 rings (SSSR count). The van der Waals surface area contributed by atoms with E-state index in [1.807, 2.05) is 6.92 Å². The summed E-state index contributed by atoms with van der Waals surface area (Å²) >= 11 is 0. The van der Waals surface area contributed by atoms with Crippen LogP contribution in [0.25, 0.3) is 0 Å². The molecule has 0 aliphatic heterocycles. The molecule has 0 atom stereocenters. The van der Waals surface area contributed by atoms with Crippen molar-refractivity contribution in [3.05, 3.63) is 65.2 Å². The molecule has 2 amide bonds. The van der Waals surface area contributed by atoms with Crippen molar-refractivity contribution in [2.45, 2.75) is 25.9 Å². The number of halogens is 3. The van der Waals surface area contributed by atoms with Crippen molar-refractivity contribution in [3.63, 3.8) is 0 Å². The van der Waals surface area contributed by atoms with Crippen LogP contribution in [0.5, 0.6) is 0 Å². The summed E-state index contributed by atoms with van der Waals surface area (Å²) in [6.45, 7) is 2.60. The van der Waals surface area contributed by atoms with E-state index >= 15 is 0 Å². The molecule has 144 valence electrons. The van der Waals surface area contributed by atoms with Gasteiger partial charge in [0.05, 0.1) is 11.3 Å². The zero-order chi connectivity index (χ0) is 20.0. The van der Waals surface area contributed by atoms with E-state index in [0.717, 1.165) is 18.9 Å². The highest BCUT2D eigenvalue weighted by atomic mass is 19.4. The molecule has 0 aliphatic rings. The predicted octanol–water partition coefficient (Wildman–Crippen LogP) is 4.83. The van der Waals surface area contributed by atoms with Gasteiger partial charge in [-0.05, 0) is 36.8 Å². The van der Waals surface area contributed by atoms with Crippen molar-refractivity contribution in [1.82, 2.24) is 4.90 Å². The number of nitrogens with zero attached hydrogens (tertiary/aromatic N) is 1. The summed E-state index contributed by atoms with van der Waals surface area (Å²) in [5.74, 6) is -0.952. The summed E-state index contributed by atoms with van der Waals surface area (Å²) in [7, 11) is 1.67. The van der Waals surface area contributed by atoms with Gasteiger partial charge in [-0.2, -0.15) is 13.2 Å². The van der Waals surface area contributed by atoms with Crippen molar-refractivity contribution in [3.8, 4) is 0 Å². The maximum Gasteiger partial charge on any atom is 0.418 e. The Morgan fingerprint density at radius 2 is 1.70 bits per heavy atom. The lowest BCUT2D eigenvalue weighted by Crippen LogP contribution is -2.28. The molecule has 0 saturated carbocycles. The Bertz CT molecular complexity index is 819. The van der Waals surface area contributed by atoms with Gasteiger partial charge in [-0.25, -0.2) is 0 Å². The van der Waals surface area contributed by atoms with Crippen LogP contribution in [-0.2, 0) is 6.18 Å². The van der Waals surface area contributed by atoms with Crippen LogP contribution in [0.1, 0.15) is 46.0 Å². The first-order valence-electron chi connectivity index (χ1n) is 8.57. The highest BCUT2D eigenvalue weighted by Gasteiger charge is 2.33. The van der Waals surface area contributed by atoms with E-state index in [2.05, 4.69) is 5.32 Å². The Kier molecular flexibility index (Phi) is 6.60. The summed E-state index contributed by atoms with van der Waals surface area (Å²) in [4.78, 5) is 26.4. The largest absolute Gasteiger partial charge is 0.418 e. The van der Waals surface area contributed by atoms with Gasteiger partial charge in [0.15, 0.2) is 0 Å². The lowest BCUT2D eigenvalue weighted by molar-refractivity contribution is -0.136. The van der Waals surface area contributed by atoms with E-state index < -0.39 is 17.6 Å². The zero-order valence-electron chi connectivity index (χ0n) is 15.1. The number of carbonyl (C=O) groups is 2. The standard InChI is InChI=1S/C20H21F3N2O2/c1-3-4-12-25(2)19(27)15-9-7-8-14(13-15)18(26)24-17-11-6-5-10-16(17)20(21,22)23/h5-11,13H,3-4,12H2,1-2H3,(H,24,26). The van der Waals surface area contributed by atoms with Gasteiger partial charge < -0.3 is 10.2 Å². The number of carbonyl (C=O) groups excluding carboxylic acids is 2. The van der Waals surface area contributed by atoms with Crippen LogP contribution in [0.3, 0.4) is 0 Å². The van der Waals surface area contributed by atoms with E-state index in [-0.39, 0.29) is 17.2 Å². The van der Waals surface area contributed by atoms with Crippen LogP contribution in [0.2, 0.25) is 0 Å². The van der Waals surface area contributed by atoms with Gasteiger partial charge in [0.25, 0.3) is 11.8 Å². The second kappa shape index (κ2) is 8.70. The second-order valence-corrected chi connectivity index (χ2v) is 6.16. The number of para-hydroxylation sites is 1. The number of rotatable bonds is 6. The Balaban J connectivity index is 2.20. The molecule has 0 radical (unpaired) electrons. The van der Waals surface area contributed by atoms with Crippen molar-refractivity contribution in [1.29, 1.82) is 0 Å². The van der Waals surface area contributed by atoms with Gasteiger partial charge in [-0.3, -0.25) is 9.59 Å². The van der Waals surface area contributed by atoms with Gasteiger partial charge in [-0.1, -0.05) is 31.5 Å². The maximum atomic E-state index is 13.1. The molecule has 0 bridgehead atoms. The topological polar surface area (TPSA) is 49.4 Å². The third-order valence-corrected chi connectivity index (χ3v) is 4.05. The molecule has 0 fully saturated rings. The molecule has 0 heterocycles. The third kappa shape index (κ3) is 5.32. The van der Waals surface area contributed by atoms with Crippen LogP contribution in [0.15, 0.2) is 48.5 Å². The molecule has 0 aromatic heterocycles. The van der Waals surface area contributed by atoms with Crippen LogP contribution < -0.4 is 5.32 Å². The molecule has 0 unspecified atom stereocenters. The zero-order valence-corrected chi connectivity index (χ0v) is 15.1. The number of hydrogen-bond donors (Lipinski definition) is 1. The van der Waals surface area contributed by atoms with Crippen LogP contribution in [0, 0.1) is 0 Å². The van der Waals surface area contributed by atoms with E-state index in [1.54, 1.807) is 18.0 Å². The number of alkyl halides is 3. The van der Waals surface area contributed by atoms with E-state index in [0.29, 0.717) is 12.1 Å². The normalized spacial score (nSPS) is 11.1. The minimum atomic E-state index is -4.58. The quantitative estimate of drug-likeness (QED) is 0.783. The smallest absolute Gasteiger partial charge is 0.342 e. The van der Waals surface area contributed by atoms with Gasteiger partial charge in [0, 0.05) is 24.7 Å². The number of unbranched alkanes of at least 4 members (excludes halogenated alkanes) is 1. The number of amides is 2. The van der Waals surface area contributed by atoms with Crippen molar-refractivity contribution in [2.24, 2.45) is 0 Å². The molecule has 0 spiro atoms. The molecule has 27 heavy (non-hydrogen) atoms. The molecule has 2 aromatic carbocycles. The second-order valence-electron chi connectivity index (χ2n) is 6.16. The molecular weight excluding hydrogens is 357 g/mol. The van der Waals surface area contributed by atoms with Gasteiger partial charge in [0.2, 0.25) is 0 Å². The van der Waals surface area contributed by atoms with Gasteiger partial charge >= 0.3 is 6.18 Å². The molecule has 7 heteroatoms. The van der Waals surface area contributed by atoms with Gasteiger partial charge in [0.1, 0.15) is 0 Å². The summed E-state index contributed by atoms with van der Waals surface area (Å²) in [5.41, 5.74) is -0.830. The third-order valence-electron chi connectivity index (χ3n) is 4.05. The van der Waals surface area contributed by atoms with E-state index in [1.165, 1.54) is 36.4 Å². The SMILES string of the molecule is CCCCN(C)C(=O)c1cccc(C(=O)Nc2ccccc2C(F)(F)F)c1. The van der Waals surface area contributed by atoms with Crippen molar-refractivity contribution in [2.75, 3.05) is 18.9 Å². The molecule has 0 saturated heterocycles. The first kappa shape index (κ1) is 20.5.